The van der Waals surface area contributed by atoms with Crippen molar-refractivity contribution in [2.24, 2.45) is 0 Å². The van der Waals surface area contributed by atoms with Crippen LogP contribution in [0.5, 0.6) is 5.75 Å². The zero-order valence-electron chi connectivity index (χ0n) is 13.5. The second-order valence-electron chi connectivity index (χ2n) is 5.38. The predicted molar refractivity (Wildman–Crippen MR) is 91.0 cm³/mol. The van der Waals surface area contributed by atoms with E-state index in [2.05, 4.69) is 10.2 Å². The van der Waals surface area contributed by atoms with E-state index in [0.29, 0.717) is 12.2 Å². The number of nitrogens with one attached hydrogen (secondary N) is 1. The highest BCUT2D eigenvalue weighted by atomic mass is 16.6. The van der Waals surface area contributed by atoms with E-state index < -0.39 is 0 Å². The Morgan fingerprint density at radius 3 is 2.48 bits per heavy atom. The second-order valence-corrected chi connectivity index (χ2v) is 5.38. The number of nitrogens with zero attached hydrogens (tertiary/aromatic N) is 2. The number of hydrogen-bond donors (Lipinski definition) is 1. The Morgan fingerprint density at radius 2 is 1.83 bits per heavy atom. The first-order chi connectivity index (χ1) is 11.0. The van der Waals surface area contributed by atoms with Crippen molar-refractivity contribution in [3.63, 3.8) is 0 Å². The zero-order valence-corrected chi connectivity index (χ0v) is 13.5. The first kappa shape index (κ1) is 16.8. The molecule has 0 saturated heterocycles. The van der Waals surface area contributed by atoms with Crippen molar-refractivity contribution < 1.29 is 9.66 Å². The number of ether oxygens (including phenoxy) is 1. The van der Waals surface area contributed by atoms with Gasteiger partial charge >= 0.3 is 0 Å². The van der Waals surface area contributed by atoms with Gasteiger partial charge < -0.3 is 15.0 Å². The molecule has 0 amide bonds. The number of nitro benzene ring substituents is 1. The van der Waals surface area contributed by atoms with Gasteiger partial charge in [0.1, 0.15) is 11.4 Å². The highest BCUT2D eigenvalue weighted by molar-refractivity contribution is 5.61. The van der Waals surface area contributed by atoms with Crippen LogP contribution in [0.15, 0.2) is 48.5 Å². The Balaban J connectivity index is 2.23. The Kier molecular flexibility index (Phi) is 5.54. The molecule has 0 aliphatic rings. The maximum Gasteiger partial charge on any atom is 0.292 e. The van der Waals surface area contributed by atoms with Crippen LogP contribution in [0.3, 0.4) is 0 Å². The van der Waals surface area contributed by atoms with E-state index in [-0.39, 0.29) is 16.7 Å². The van der Waals surface area contributed by atoms with Crippen LogP contribution in [0.2, 0.25) is 0 Å². The van der Waals surface area contributed by atoms with Crippen LogP contribution in [0.1, 0.15) is 11.6 Å². The van der Waals surface area contributed by atoms with E-state index in [1.807, 2.05) is 38.4 Å². The molecule has 122 valence electrons. The fourth-order valence-corrected chi connectivity index (χ4v) is 2.50. The van der Waals surface area contributed by atoms with Crippen LogP contribution in [-0.4, -0.2) is 37.6 Å². The SMILES string of the molecule is COc1ccccc1[C@@H](CNc1ccccc1[N+](=O)[O-])N(C)C. The molecule has 2 aromatic carbocycles. The lowest BCUT2D eigenvalue weighted by Crippen LogP contribution is -2.27. The number of anilines is 1. The van der Waals surface area contributed by atoms with E-state index in [1.54, 1.807) is 25.3 Å². The molecule has 0 spiro atoms. The Labute approximate surface area is 135 Å². The number of nitro groups is 1. The lowest BCUT2D eigenvalue weighted by atomic mass is 10.0. The van der Waals surface area contributed by atoms with Gasteiger partial charge in [-0.2, -0.15) is 0 Å². The van der Waals surface area contributed by atoms with Crippen molar-refractivity contribution in [1.29, 1.82) is 0 Å². The average molecular weight is 315 g/mol. The Hall–Kier alpha value is -2.60. The van der Waals surface area contributed by atoms with Crippen LogP contribution in [-0.2, 0) is 0 Å². The highest BCUT2D eigenvalue weighted by Gasteiger charge is 2.20. The molecule has 23 heavy (non-hydrogen) atoms. The smallest absolute Gasteiger partial charge is 0.292 e. The van der Waals surface area contributed by atoms with Gasteiger partial charge in [0.05, 0.1) is 18.1 Å². The maximum atomic E-state index is 11.1. The molecule has 0 unspecified atom stereocenters. The normalized spacial score (nSPS) is 12.0. The first-order valence-electron chi connectivity index (χ1n) is 7.31. The van der Waals surface area contributed by atoms with Crippen molar-refractivity contribution in [2.45, 2.75) is 6.04 Å². The van der Waals surface area contributed by atoms with Crippen molar-refractivity contribution in [2.75, 3.05) is 33.1 Å². The second kappa shape index (κ2) is 7.60. The molecule has 0 saturated carbocycles. The van der Waals surface area contributed by atoms with Crippen LogP contribution in [0, 0.1) is 10.1 Å². The molecule has 0 aliphatic carbocycles. The van der Waals surface area contributed by atoms with Crippen LogP contribution < -0.4 is 10.1 Å². The minimum atomic E-state index is -0.379. The predicted octanol–water partition coefficient (Wildman–Crippen LogP) is 3.32. The molecule has 0 bridgehead atoms. The summed E-state index contributed by atoms with van der Waals surface area (Å²) >= 11 is 0. The van der Waals surface area contributed by atoms with E-state index in [0.717, 1.165) is 11.3 Å². The van der Waals surface area contributed by atoms with Gasteiger partial charge in [0.15, 0.2) is 0 Å². The number of hydrogen-bond acceptors (Lipinski definition) is 5. The number of rotatable bonds is 7. The monoisotopic (exact) mass is 315 g/mol. The fourth-order valence-electron chi connectivity index (χ4n) is 2.50. The summed E-state index contributed by atoms with van der Waals surface area (Å²) in [6.07, 6.45) is 0. The summed E-state index contributed by atoms with van der Waals surface area (Å²) in [6, 6.07) is 14.5. The van der Waals surface area contributed by atoms with Gasteiger partial charge in [0, 0.05) is 18.2 Å². The van der Waals surface area contributed by atoms with Gasteiger partial charge in [-0.1, -0.05) is 30.3 Å². The molecule has 0 heterocycles. The maximum absolute atomic E-state index is 11.1. The lowest BCUT2D eigenvalue weighted by Gasteiger charge is -2.26. The van der Waals surface area contributed by atoms with Crippen LogP contribution >= 0.6 is 0 Å². The van der Waals surface area contributed by atoms with Gasteiger partial charge in [-0.15, -0.1) is 0 Å². The summed E-state index contributed by atoms with van der Waals surface area (Å²) in [7, 11) is 5.58. The fraction of sp³-hybridized carbons (Fsp3) is 0.294. The lowest BCUT2D eigenvalue weighted by molar-refractivity contribution is -0.384. The zero-order chi connectivity index (χ0) is 16.8. The van der Waals surface area contributed by atoms with E-state index in [4.69, 9.17) is 4.74 Å². The first-order valence-corrected chi connectivity index (χ1v) is 7.31. The van der Waals surface area contributed by atoms with E-state index in [1.165, 1.54) is 6.07 Å². The molecule has 0 fully saturated rings. The molecule has 1 N–H and O–H groups in total. The van der Waals surface area contributed by atoms with Gasteiger partial charge in [0.25, 0.3) is 5.69 Å². The number of para-hydroxylation sites is 3. The minimum Gasteiger partial charge on any atom is -0.496 e. The summed E-state index contributed by atoms with van der Waals surface area (Å²) < 4.78 is 5.43. The standard InChI is InChI=1S/C17H21N3O3/c1-19(2)16(13-8-4-7-11-17(13)23-3)12-18-14-9-5-6-10-15(14)20(21)22/h4-11,16,18H,12H2,1-3H3/t16-/m1/s1. The molecule has 0 radical (unpaired) electrons. The van der Waals surface area contributed by atoms with Gasteiger partial charge in [-0.05, 0) is 26.2 Å². The third kappa shape index (κ3) is 3.98. The highest BCUT2D eigenvalue weighted by Crippen LogP contribution is 2.29. The molecule has 2 rings (SSSR count). The summed E-state index contributed by atoms with van der Waals surface area (Å²) in [5, 5.41) is 14.3. The Morgan fingerprint density at radius 1 is 1.17 bits per heavy atom. The van der Waals surface area contributed by atoms with Crippen molar-refractivity contribution >= 4 is 11.4 Å². The minimum absolute atomic E-state index is 0.0194. The molecule has 6 heteroatoms. The largest absolute Gasteiger partial charge is 0.496 e. The average Bonchev–Trinajstić information content (AvgIpc) is 2.55. The molecular formula is C17H21N3O3. The molecule has 2 aromatic rings. The molecule has 6 nitrogen and oxygen atoms in total. The number of benzene rings is 2. The third-order valence-electron chi connectivity index (χ3n) is 3.71. The van der Waals surface area contributed by atoms with E-state index >= 15 is 0 Å². The van der Waals surface area contributed by atoms with Gasteiger partial charge in [-0.25, -0.2) is 0 Å². The van der Waals surface area contributed by atoms with Gasteiger partial charge in [-0.3, -0.25) is 10.1 Å². The molecule has 1 atom stereocenters. The summed E-state index contributed by atoms with van der Waals surface area (Å²) in [5.41, 5.74) is 1.62. The summed E-state index contributed by atoms with van der Waals surface area (Å²) in [4.78, 5) is 12.8. The summed E-state index contributed by atoms with van der Waals surface area (Å²) in [6.45, 7) is 0.526. The van der Waals surface area contributed by atoms with Crippen molar-refractivity contribution in [3.8, 4) is 5.75 Å². The van der Waals surface area contributed by atoms with Gasteiger partial charge in [0.2, 0.25) is 0 Å². The van der Waals surface area contributed by atoms with Crippen molar-refractivity contribution in [1.82, 2.24) is 4.90 Å². The number of likely N-dealkylation sites (N-methyl/N-ethyl adjacent to an activating group) is 1. The quantitative estimate of drug-likeness (QED) is 0.627. The van der Waals surface area contributed by atoms with E-state index in [9.17, 15) is 10.1 Å². The Bertz CT molecular complexity index is 674. The summed E-state index contributed by atoms with van der Waals surface area (Å²) in [5.74, 6) is 0.801. The topological polar surface area (TPSA) is 67.6 Å². The van der Waals surface area contributed by atoms with Crippen molar-refractivity contribution in [3.05, 3.63) is 64.2 Å². The third-order valence-corrected chi connectivity index (χ3v) is 3.71. The molecule has 0 aliphatic heterocycles. The van der Waals surface area contributed by atoms with Crippen LogP contribution in [0.4, 0.5) is 11.4 Å². The molecule has 0 aromatic heterocycles. The number of methoxy groups -OCH3 is 1. The molecular weight excluding hydrogens is 294 g/mol. The van der Waals surface area contributed by atoms with Crippen LogP contribution in [0.25, 0.3) is 0 Å².